The number of benzene rings is 1. The van der Waals surface area contributed by atoms with E-state index in [2.05, 4.69) is 51.3 Å². The number of piperidine rings is 1. The van der Waals surface area contributed by atoms with Crippen LogP contribution in [0.3, 0.4) is 0 Å². The molecule has 158 valence electrons. The molecule has 2 aliphatic rings. The van der Waals surface area contributed by atoms with E-state index in [0.29, 0.717) is 25.9 Å². The molecule has 0 aliphatic carbocycles. The number of nitrogens with one attached hydrogen (secondary N) is 1. The van der Waals surface area contributed by atoms with Crippen LogP contribution in [0.1, 0.15) is 43.0 Å². The number of rotatable bonds is 5. The molecule has 4 rings (SSSR count). The van der Waals surface area contributed by atoms with Crippen molar-refractivity contribution in [2.24, 2.45) is 0 Å². The number of carbonyl (C=O) groups is 1. The van der Waals surface area contributed by atoms with E-state index in [4.69, 9.17) is 4.74 Å². The number of hydrogen-bond acceptors (Lipinski definition) is 5. The van der Waals surface area contributed by atoms with Gasteiger partial charge in [0.15, 0.2) is 5.82 Å². The minimum Gasteiger partial charge on any atom is -0.368 e. The summed E-state index contributed by atoms with van der Waals surface area (Å²) in [5.74, 6) is 1.96. The molecule has 1 N–H and O–H groups in total. The fraction of sp³-hybridized carbons (Fsp3) is 0.571. The highest BCUT2D eigenvalue weighted by atomic mass is 35.5. The maximum atomic E-state index is 13.3. The zero-order valence-corrected chi connectivity index (χ0v) is 18.0. The molecule has 1 aromatic heterocycles. The summed E-state index contributed by atoms with van der Waals surface area (Å²) >= 11 is 0. The third-order valence-corrected chi connectivity index (χ3v) is 6.05. The topological polar surface area (TPSA) is 72.3 Å². The van der Waals surface area contributed by atoms with Gasteiger partial charge in [-0.05, 0) is 44.8 Å². The van der Waals surface area contributed by atoms with E-state index in [0.717, 1.165) is 37.6 Å². The summed E-state index contributed by atoms with van der Waals surface area (Å²) in [6, 6.07) is 10.6. The molecule has 3 heterocycles. The molecule has 2 aliphatic heterocycles. The van der Waals surface area contributed by atoms with Crippen LogP contribution in [-0.2, 0) is 28.9 Å². The summed E-state index contributed by atoms with van der Waals surface area (Å²) in [4.78, 5) is 15.2. The first-order valence-corrected chi connectivity index (χ1v) is 10.1. The molecule has 2 aromatic rings. The van der Waals surface area contributed by atoms with Gasteiger partial charge in [0.1, 0.15) is 11.4 Å². The van der Waals surface area contributed by atoms with Crippen molar-refractivity contribution in [2.45, 2.75) is 50.8 Å². The third-order valence-electron chi connectivity index (χ3n) is 6.05. The quantitative estimate of drug-likeness (QED) is 0.804. The van der Waals surface area contributed by atoms with Crippen LogP contribution in [0, 0.1) is 0 Å². The van der Waals surface area contributed by atoms with Gasteiger partial charge in [-0.15, -0.1) is 22.6 Å². The Morgan fingerprint density at radius 3 is 2.62 bits per heavy atom. The number of hydrogen-bond donors (Lipinski definition) is 1. The number of fused-ring (bicyclic) bond motifs is 1. The summed E-state index contributed by atoms with van der Waals surface area (Å²) in [5.41, 5.74) is 0.594. The maximum Gasteiger partial charge on any atom is 0.255 e. The van der Waals surface area contributed by atoms with Crippen molar-refractivity contribution in [3.05, 3.63) is 47.5 Å². The first-order valence-electron chi connectivity index (χ1n) is 10.1. The molecule has 0 radical (unpaired) electrons. The van der Waals surface area contributed by atoms with Gasteiger partial charge in [-0.25, -0.2) is 0 Å². The smallest absolute Gasteiger partial charge is 0.255 e. The Morgan fingerprint density at radius 1 is 1.21 bits per heavy atom. The zero-order chi connectivity index (χ0) is 19.6. The number of ether oxygens (including phenoxy) is 1. The van der Waals surface area contributed by atoms with E-state index < -0.39 is 5.60 Å². The normalized spacial score (nSPS) is 20.6. The molecule has 8 heteroatoms. The fourth-order valence-electron chi connectivity index (χ4n) is 4.46. The van der Waals surface area contributed by atoms with Crippen LogP contribution in [0.25, 0.3) is 0 Å². The molecule has 0 saturated carbocycles. The van der Waals surface area contributed by atoms with Gasteiger partial charge in [0, 0.05) is 20.1 Å². The largest absolute Gasteiger partial charge is 0.368 e. The number of halogens is 1. The third kappa shape index (κ3) is 4.32. The summed E-state index contributed by atoms with van der Waals surface area (Å²) in [7, 11) is 1.65. The van der Waals surface area contributed by atoms with Crippen molar-refractivity contribution in [3.8, 4) is 0 Å². The standard InChI is InChI=1S/C21H29N5O2.ClH/c1-16-14-25(20(27)21(28-2)10-12-22-13-11-21)15-19-24-23-18(26(16)19)9-8-17-6-4-3-5-7-17;/h3-7,16,22H,8-15H2,1-2H3;1H/t16-;/m0./s1. The summed E-state index contributed by atoms with van der Waals surface area (Å²) < 4.78 is 7.95. The van der Waals surface area contributed by atoms with E-state index in [9.17, 15) is 4.79 Å². The first kappa shape index (κ1) is 21.7. The Hall–Kier alpha value is -1.96. The van der Waals surface area contributed by atoms with E-state index >= 15 is 0 Å². The Kier molecular flexibility index (Phi) is 6.93. The van der Waals surface area contributed by atoms with Crippen LogP contribution >= 0.6 is 12.4 Å². The van der Waals surface area contributed by atoms with Crippen LogP contribution in [0.5, 0.6) is 0 Å². The lowest BCUT2D eigenvalue weighted by molar-refractivity contribution is -0.160. The minimum absolute atomic E-state index is 0. The summed E-state index contributed by atoms with van der Waals surface area (Å²) in [5, 5.41) is 12.2. The van der Waals surface area contributed by atoms with Crippen LogP contribution in [0.15, 0.2) is 30.3 Å². The molecular formula is C21H30ClN5O2. The molecule has 7 nitrogen and oxygen atoms in total. The van der Waals surface area contributed by atoms with Gasteiger partial charge in [-0.1, -0.05) is 30.3 Å². The average molecular weight is 420 g/mol. The monoisotopic (exact) mass is 419 g/mol. The molecule has 1 amide bonds. The average Bonchev–Trinajstić information content (AvgIpc) is 3.16. The van der Waals surface area contributed by atoms with Gasteiger partial charge in [-0.3, -0.25) is 4.79 Å². The number of aryl methyl sites for hydroxylation is 2. The Morgan fingerprint density at radius 2 is 1.93 bits per heavy atom. The lowest BCUT2D eigenvalue weighted by atomic mass is 9.90. The molecule has 1 saturated heterocycles. The van der Waals surface area contributed by atoms with Crippen LogP contribution < -0.4 is 5.32 Å². The van der Waals surface area contributed by atoms with Crippen molar-refractivity contribution in [1.82, 2.24) is 25.0 Å². The highest BCUT2D eigenvalue weighted by molar-refractivity contribution is 5.86. The molecule has 0 bridgehead atoms. The fourth-order valence-corrected chi connectivity index (χ4v) is 4.46. The van der Waals surface area contributed by atoms with Gasteiger partial charge in [0.05, 0.1) is 12.6 Å². The van der Waals surface area contributed by atoms with Crippen LogP contribution in [0.2, 0.25) is 0 Å². The Labute approximate surface area is 178 Å². The minimum atomic E-state index is -0.705. The SMILES string of the molecule is COC1(C(=O)N2Cc3nnc(CCc4ccccc4)n3[C@@H](C)C2)CCNCC1.Cl. The van der Waals surface area contributed by atoms with E-state index in [1.165, 1.54) is 5.56 Å². The van der Waals surface area contributed by atoms with E-state index in [-0.39, 0.29) is 24.4 Å². The second-order valence-corrected chi connectivity index (χ2v) is 7.87. The highest BCUT2D eigenvalue weighted by Crippen LogP contribution is 2.29. The van der Waals surface area contributed by atoms with Crippen molar-refractivity contribution < 1.29 is 9.53 Å². The lowest BCUT2D eigenvalue weighted by Gasteiger charge is -2.41. The van der Waals surface area contributed by atoms with Gasteiger partial charge in [0.25, 0.3) is 5.91 Å². The zero-order valence-electron chi connectivity index (χ0n) is 17.1. The Bertz CT molecular complexity index is 820. The number of methoxy groups -OCH3 is 1. The Balaban J connectivity index is 0.00000240. The first-order chi connectivity index (χ1) is 13.6. The number of carbonyl (C=O) groups excluding carboxylic acids is 1. The molecule has 1 aromatic carbocycles. The second kappa shape index (κ2) is 9.24. The number of aromatic nitrogens is 3. The molecule has 1 fully saturated rings. The lowest BCUT2D eigenvalue weighted by Crippen LogP contribution is -2.56. The summed E-state index contributed by atoms with van der Waals surface area (Å²) in [6.07, 6.45) is 3.21. The van der Waals surface area contributed by atoms with Crippen LogP contribution in [0.4, 0.5) is 0 Å². The molecule has 0 unspecified atom stereocenters. The second-order valence-electron chi connectivity index (χ2n) is 7.87. The molecule has 1 atom stereocenters. The van der Waals surface area contributed by atoms with Crippen molar-refractivity contribution in [1.29, 1.82) is 0 Å². The van der Waals surface area contributed by atoms with Crippen molar-refractivity contribution >= 4 is 18.3 Å². The summed E-state index contributed by atoms with van der Waals surface area (Å²) in [6.45, 7) is 4.92. The molecule has 29 heavy (non-hydrogen) atoms. The predicted molar refractivity (Wildman–Crippen MR) is 113 cm³/mol. The highest BCUT2D eigenvalue weighted by Gasteiger charge is 2.44. The molecular weight excluding hydrogens is 390 g/mol. The maximum absolute atomic E-state index is 13.3. The van der Waals surface area contributed by atoms with E-state index in [1.54, 1.807) is 7.11 Å². The predicted octanol–water partition coefficient (Wildman–Crippen LogP) is 2.16. The van der Waals surface area contributed by atoms with Gasteiger partial charge in [0.2, 0.25) is 0 Å². The van der Waals surface area contributed by atoms with Crippen LogP contribution in [-0.4, -0.2) is 57.9 Å². The van der Waals surface area contributed by atoms with Crippen molar-refractivity contribution in [2.75, 3.05) is 26.7 Å². The van der Waals surface area contributed by atoms with E-state index in [1.807, 2.05) is 11.0 Å². The van der Waals surface area contributed by atoms with Crippen molar-refractivity contribution in [3.63, 3.8) is 0 Å². The number of amides is 1. The molecule has 0 spiro atoms. The van der Waals surface area contributed by atoms with Gasteiger partial charge in [-0.2, -0.15) is 0 Å². The van der Waals surface area contributed by atoms with Gasteiger partial charge < -0.3 is 19.5 Å². The number of nitrogens with zero attached hydrogens (tertiary/aromatic N) is 4. The van der Waals surface area contributed by atoms with Gasteiger partial charge >= 0.3 is 0 Å².